The van der Waals surface area contributed by atoms with E-state index in [1.165, 1.54) is 12.1 Å². The van der Waals surface area contributed by atoms with Gasteiger partial charge < -0.3 is 14.5 Å². The molecule has 2 heterocycles. The number of nitrogens with one attached hydrogen (secondary N) is 1. The molecule has 2 aromatic carbocycles. The van der Waals surface area contributed by atoms with Crippen molar-refractivity contribution < 1.29 is 13.2 Å². The minimum atomic E-state index is -3.95. The van der Waals surface area contributed by atoms with E-state index in [4.69, 9.17) is 4.74 Å². The van der Waals surface area contributed by atoms with Gasteiger partial charge in [0.1, 0.15) is 11.8 Å². The van der Waals surface area contributed by atoms with Gasteiger partial charge in [0.2, 0.25) is 10.0 Å². The SMILES string of the molecule is CCn1c(Oc2cccc(N3CCN(C)CC3)c2)nnc1[C@@H](C)NS(=O)(=O)c1ccccc1C#N. The summed E-state index contributed by atoms with van der Waals surface area (Å²) in [5, 5.41) is 17.7. The third kappa shape index (κ3) is 5.45. The summed E-state index contributed by atoms with van der Waals surface area (Å²) in [5.74, 6) is 1.04. The predicted molar refractivity (Wildman–Crippen MR) is 132 cm³/mol. The average molecular weight is 496 g/mol. The molecule has 1 aliphatic rings. The van der Waals surface area contributed by atoms with E-state index in [9.17, 15) is 13.7 Å². The molecule has 184 valence electrons. The van der Waals surface area contributed by atoms with Gasteiger partial charge in [-0.05, 0) is 45.2 Å². The standard InChI is InChI=1S/C24H29N7O3S/c1-4-31-23(18(2)28-35(32,33)22-11-6-5-8-19(22)17-25)26-27-24(31)34-21-10-7-9-20(16-21)30-14-12-29(3)13-15-30/h5-11,16,18,28H,4,12-15H2,1-3H3/t18-/m1/s1. The second kappa shape index (κ2) is 10.4. The molecule has 0 saturated carbocycles. The van der Waals surface area contributed by atoms with E-state index in [1.54, 1.807) is 23.6 Å². The second-order valence-electron chi connectivity index (χ2n) is 8.43. The van der Waals surface area contributed by atoms with Crippen molar-refractivity contribution in [3.8, 4) is 17.8 Å². The van der Waals surface area contributed by atoms with E-state index in [2.05, 4.69) is 37.8 Å². The van der Waals surface area contributed by atoms with Gasteiger partial charge in [-0.25, -0.2) is 13.1 Å². The van der Waals surface area contributed by atoms with Crippen LogP contribution in [0.3, 0.4) is 0 Å². The number of rotatable bonds is 8. The van der Waals surface area contributed by atoms with Gasteiger partial charge in [0, 0.05) is 44.5 Å². The number of anilines is 1. The fraction of sp³-hybridized carbons (Fsp3) is 0.375. The fourth-order valence-electron chi connectivity index (χ4n) is 4.05. The monoisotopic (exact) mass is 495 g/mol. The molecule has 10 nitrogen and oxygen atoms in total. The number of piperazine rings is 1. The molecule has 0 amide bonds. The first-order valence-electron chi connectivity index (χ1n) is 11.5. The van der Waals surface area contributed by atoms with E-state index >= 15 is 0 Å². The van der Waals surface area contributed by atoms with Crippen LogP contribution in [0.15, 0.2) is 53.4 Å². The number of benzene rings is 2. The van der Waals surface area contributed by atoms with Gasteiger partial charge in [-0.3, -0.25) is 4.57 Å². The molecule has 0 unspecified atom stereocenters. The van der Waals surface area contributed by atoms with Crippen molar-refractivity contribution in [2.45, 2.75) is 31.3 Å². The normalized spacial score (nSPS) is 15.5. The molecule has 0 radical (unpaired) electrons. The lowest BCUT2D eigenvalue weighted by Crippen LogP contribution is -2.44. The van der Waals surface area contributed by atoms with Gasteiger partial charge in [-0.2, -0.15) is 5.26 Å². The highest BCUT2D eigenvalue weighted by Gasteiger charge is 2.26. The maximum Gasteiger partial charge on any atom is 0.322 e. The average Bonchev–Trinajstić information content (AvgIpc) is 3.27. The Balaban J connectivity index is 1.53. The van der Waals surface area contributed by atoms with Gasteiger partial charge in [0.15, 0.2) is 5.82 Å². The summed E-state index contributed by atoms with van der Waals surface area (Å²) < 4.78 is 36.3. The molecule has 4 rings (SSSR count). The Morgan fingerprint density at radius 1 is 1.11 bits per heavy atom. The molecule has 1 aromatic heterocycles. The summed E-state index contributed by atoms with van der Waals surface area (Å²) in [6.07, 6.45) is 0. The summed E-state index contributed by atoms with van der Waals surface area (Å²) in [5.41, 5.74) is 1.16. The first-order chi connectivity index (χ1) is 16.8. The van der Waals surface area contributed by atoms with Gasteiger partial charge in [-0.15, -0.1) is 5.10 Å². The lowest BCUT2D eigenvalue weighted by atomic mass is 10.2. The van der Waals surface area contributed by atoms with Crippen LogP contribution in [0.25, 0.3) is 0 Å². The maximum absolute atomic E-state index is 12.9. The first-order valence-corrected chi connectivity index (χ1v) is 13.0. The Bertz CT molecular complexity index is 1320. The Morgan fingerprint density at radius 2 is 1.86 bits per heavy atom. The summed E-state index contributed by atoms with van der Waals surface area (Å²) in [7, 11) is -1.83. The molecule has 1 aliphatic heterocycles. The topological polar surface area (TPSA) is 116 Å². The molecule has 1 fully saturated rings. The van der Waals surface area contributed by atoms with Crippen molar-refractivity contribution in [1.29, 1.82) is 5.26 Å². The number of hydrogen-bond acceptors (Lipinski definition) is 8. The van der Waals surface area contributed by atoms with Gasteiger partial charge in [-0.1, -0.05) is 23.3 Å². The maximum atomic E-state index is 12.9. The molecule has 0 bridgehead atoms. The van der Waals surface area contributed by atoms with Crippen LogP contribution < -0.4 is 14.4 Å². The van der Waals surface area contributed by atoms with Crippen LogP contribution >= 0.6 is 0 Å². The van der Waals surface area contributed by atoms with Crippen LogP contribution in [0.5, 0.6) is 11.8 Å². The number of ether oxygens (including phenoxy) is 1. The molecule has 1 saturated heterocycles. The van der Waals surface area contributed by atoms with Crippen LogP contribution in [0.4, 0.5) is 5.69 Å². The largest absolute Gasteiger partial charge is 0.424 e. The minimum absolute atomic E-state index is 0.0749. The lowest BCUT2D eigenvalue weighted by Gasteiger charge is -2.34. The third-order valence-corrected chi connectivity index (χ3v) is 7.57. The van der Waals surface area contributed by atoms with Crippen molar-refractivity contribution in [2.75, 3.05) is 38.1 Å². The zero-order chi connectivity index (χ0) is 25.0. The van der Waals surface area contributed by atoms with Crippen LogP contribution in [0.2, 0.25) is 0 Å². The summed E-state index contributed by atoms with van der Waals surface area (Å²) in [6, 6.07) is 15.4. The number of aromatic nitrogens is 3. The lowest BCUT2D eigenvalue weighted by molar-refractivity contribution is 0.312. The van der Waals surface area contributed by atoms with Crippen LogP contribution in [-0.2, 0) is 16.6 Å². The Labute approximate surface area is 205 Å². The number of hydrogen-bond donors (Lipinski definition) is 1. The zero-order valence-electron chi connectivity index (χ0n) is 20.0. The second-order valence-corrected chi connectivity index (χ2v) is 10.1. The molecule has 1 atom stereocenters. The highest BCUT2D eigenvalue weighted by Crippen LogP contribution is 2.28. The number of sulfonamides is 1. The van der Waals surface area contributed by atoms with Crippen LogP contribution in [0, 0.1) is 11.3 Å². The Kier molecular flexibility index (Phi) is 7.35. The van der Waals surface area contributed by atoms with Crippen molar-refractivity contribution in [3.05, 3.63) is 59.9 Å². The van der Waals surface area contributed by atoms with Gasteiger partial charge in [0.25, 0.3) is 0 Å². The van der Waals surface area contributed by atoms with E-state index in [-0.39, 0.29) is 16.5 Å². The molecule has 0 aliphatic carbocycles. The van der Waals surface area contributed by atoms with E-state index in [0.29, 0.717) is 18.1 Å². The number of nitrogens with zero attached hydrogens (tertiary/aromatic N) is 6. The van der Waals surface area contributed by atoms with Crippen molar-refractivity contribution in [3.63, 3.8) is 0 Å². The highest BCUT2D eigenvalue weighted by molar-refractivity contribution is 7.89. The quantitative estimate of drug-likeness (QED) is 0.507. The highest BCUT2D eigenvalue weighted by atomic mass is 32.2. The van der Waals surface area contributed by atoms with Crippen molar-refractivity contribution >= 4 is 15.7 Å². The van der Waals surface area contributed by atoms with Crippen LogP contribution in [-0.4, -0.2) is 61.3 Å². The van der Waals surface area contributed by atoms with E-state index in [1.807, 2.05) is 31.2 Å². The van der Waals surface area contributed by atoms with E-state index in [0.717, 1.165) is 31.9 Å². The molecule has 3 aromatic rings. The molecular weight excluding hydrogens is 466 g/mol. The number of nitriles is 1. The minimum Gasteiger partial charge on any atom is -0.424 e. The molecule has 1 N–H and O–H groups in total. The Hall–Kier alpha value is -3.46. The number of likely N-dealkylation sites (N-methyl/N-ethyl adjacent to an activating group) is 1. The zero-order valence-corrected chi connectivity index (χ0v) is 20.9. The molecule has 35 heavy (non-hydrogen) atoms. The van der Waals surface area contributed by atoms with Gasteiger partial charge in [0.05, 0.1) is 16.5 Å². The Morgan fingerprint density at radius 3 is 2.57 bits per heavy atom. The smallest absolute Gasteiger partial charge is 0.322 e. The third-order valence-electron chi connectivity index (χ3n) is 5.97. The van der Waals surface area contributed by atoms with Crippen LogP contribution in [0.1, 0.15) is 31.3 Å². The predicted octanol–water partition coefficient (Wildman–Crippen LogP) is 2.75. The van der Waals surface area contributed by atoms with E-state index < -0.39 is 16.1 Å². The summed E-state index contributed by atoms with van der Waals surface area (Å²) >= 11 is 0. The summed E-state index contributed by atoms with van der Waals surface area (Å²) in [4.78, 5) is 4.55. The molecular formula is C24H29N7O3S. The summed E-state index contributed by atoms with van der Waals surface area (Å²) in [6.45, 7) is 7.98. The first kappa shape index (κ1) is 24.7. The fourth-order valence-corrected chi connectivity index (χ4v) is 5.41. The molecule has 11 heteroatoms. The molecule has 0 spiro atoms. The van der Waals surface area contributed by atoms with Crippen molar-refractivity contribution in [2.24, 2.45) is 0 Å². The van der Waals surface area contributed by atoms with Crippen molar-refractivity contribution in [1.82, 2.24) is 24.4 Å². The van der Waals surface area contributed by atoms with Gasteiger partial charge >= 0.3 is 6.01 Å².